The first-order chi connectivity index (χ1) is 7.65. The second-order valence-corrected chi connectivity index (χ2v) is 3.46. The maximum absolute atomic E-state index is 11.6. The first-order valence-corrected chi connectivity index (χ1v) is 4.99. The number of benzene rings is 1. The summed E-state index contributed by atoms with van der Waals surface area (Å²) in [5, 5.41) is 0.762. The van der Waals surface area contributed by atoms with Crippen molar-refractivity contribution in [2.75, 3.05) is 0 Å². The Morgan fingerprint density at radius 2 is 2.06 bits per heavy atom. The number of carbonyl (C=O) groups is 1. The normalized spacial score (nSPS) is 10.6. The van der Waals surface area contributed by atoms with Gasteiger partial charge in [0.1, 0.15) is 11.1 Å². The van der Waals surface area contributed by atoms with Crippen LogP contribution >= 0.6 is 0 Å². The average Bonchev–Trinajstić information content (AvgIpc) is 2.26. The number of hydrogen-bond donors (Lipinski definition) is 1. The second kappa shape index (κ2) is 3.81. The van der Waals surface area contributed by atoms with Gasteiger partial charge in [-0.3, -0.25) is 4.79 Å². The summed E-state index contributed by atoms with van der Waals surface area (Å²) in [6.45, 7) is 1.87. The molecule has 0 aliphatic rings. The van der Waals surface area contributed by atoms with Gasteiger partial charge in [0, 0.05) is 5.39 Å². The Labute approximate surface area is 91.7 Å². The summed E-state index contributed by atoms with van der Waals surface area (Å²) in [4.78, 5) is 22.8. The highest BCUT2D eigenvalue weighted by Gasteiger charge is 2.16. The van der Waals surface area contributed by atoms with E-state index in [1.165, 1.54) is 0 Å². The van der Waals surface area contributed by atoms with Gasteiger partial charge >= 0.3 is 5.63 Å². The Morgan fingerprint density at radius 3 is 2.69 bits per heavy atom. The molecule has 0 spiro atoms. The zero-order valence-electron chi connectivity index (χ0n) is 8.82. The van der Waals surface area contributed by atoms with E-state index in [4.69, 9.17) is 10.2 Å². The standard InChI is InChI=1S/C12H11NO3/c1-2-7-8-5-3-4-6-9(8)16-12(15)10(7)11(13)14/h3-6H,2H2,1H3,(H2,13,14). The lowest BCUT2D eigenvalue weighted by atomic mass is 10.0. The average molecular weight is 217 g/mol. The van der Waals surface area contributed by atoms with Crippen LogP contribution in [0.15, 0.2) is 33.5 Å². The zero-order valence-corrected chi connectivity index (χ0v) is 8.82. The molecule has 0 fully saturated rings. The van der Waals surface area contributed by atoms with Gasteiger partial charge in [-0.05, 0) is 18.1 Å². The highest BCUT2D eigenvalue weighted by Crippen LogP contribution is 2.19. The van der Waals surface area contributed by atoms with Crippen molar-refractivity contribution in [1.29, 1.82) is 0 Å². The van der Waals surface area contributed by atoms with Crippen molar-refractivity contribution >= 4 is 16.9 Å². The highest BCUT2D eigenvalue weighted by atomic mass is 16.4. The molecular weight excluding hydrogens is 206 g/mol. The summed E-state index contributed by atoms with van der Waals surface area (Å²) in [5.74, 6) is -0.739. The molecule has 0 aliphatic heterocycles. The molecule has 1 aromatic carbocycles. The summed E-state index contributed by atoms with van der Waals surface area (Å²) in [5.41, 5.74) is 5.61. The molecule has 0 saturated carbocycles. The minimum atomic E-state index is -0.739. The Bertz CT molecular complexity index is 613. The fraction of sp³-hybridized carbons (Fsp3) is 0.167. The molecule has 16 heavy (non-hydrogen) atoms. The van der Waals surface area contributed by atoms with Crippen LogP contribution in [0.1, 0.15) is 22.8 Å². The molecule has 4 nitrogen and oxygen atoms in total. The van der Waals surface area contributed by atoms with Crippen molar-refractivity contribution in [3.63, 3.8) is 0 Å². The molecule has 0 bridgehead atoms. The third-order valence-electron chi connectivity index (χ3n) is 2.52. The van der Waals surface area contributed by atoms with Gasteiger partial charge in [-0.2, -0.15) is 0 Å². The SMILES string of the molecule is CCc1c(C(N)=O)c(=O)oc2ccccc12. The van der Waals surface area contributed by atoms with E-state index in [0.717, 1.165) is 5.39 Å². The van der Waals surface area contributed by atoms with Crippen molar-refractivity contribution in [2.24, 2.45) is 5.73 Å². The number of aryl methyl sites for hydroxylation is 1. The van der Waals surface area contributed by atoms with Crippen LogP contribution in [0, 0.1) is 0 Å². The summed E-state index contributed by atoms with van der Waals surface area (Å²) >= 11 is 0. The van der Waals surface area contributed by atoms with Gasteiger partial charge in [0.05, 0.1) is 0 Å². The Morgan fingerprint density at radius 1 is 1.38 bits per heavy atom. The Hall–Kier alpha value is -2.10. The molecule has 82 valence electrons. The molecule has 2 aromatic rings. The third kappa shape index (κ3) is 1.48. The largest absolute Gasteiger partial charge is 0.422 e. The van der Waals surface area contributed by atoms with Gasteiger partial charge in [0.25, 0.3) is 5.91 Å². The Kier molecular flexibility index (Phi) is 2.48. The molecule has 0 saturated heterocycles. The molecule has 4 heteroatoms. The number of amides is 1. The number of para-hydroxylation sites is 1. The van der Waals surface area contributed by atoms with Crippen LogP contribution in [0.3, 0.4) is 0 Å². The van der Waals surface area contributed by atoms with Gasteiger partial charge in [-0.15, -0.1) is 0 Å². The minimum absolute atomic E-state index is 0.0406. The van der Waals surface area contributed by atoms with Crippen LogP contribution in [0.2, 0.25) is 0 Å². The van der Waals surface area contributed by atoms with Gasteiger partial charge in [-0.25, -0.2) is 4.79 Å². The molecule has 0 aliphatic carbocycles. The van der Waals surface area contributed by atoms with Crippen molar-refractivity contribution in [1.82, 2.24) is 0 Å². The number of nitrogens with two attached hydrogens (primary N) is 1. The quantitative estimate of drug-likeness (QED) is 0.774. The number of carbonyl (C=O) groups excluding carboxylic acids is 1. The van der Waals surface area contributed by atoms with E-state index >= 15 is 0 Å². The van der Waals surface area contributed by atoms with Crippen LogP contribution in [0.5, 0.6) is 0 Å². The first kappa shape index (κ1) is 10.4. The topological polar surface area (TPSA) is 73.3 Å². The molecule has 0 unspecified atom stereocenters. The van der Waals surface area contributed by atoms with E-state index in [-0.39, 0.29) is 5.56 Å². The van der Waals surface area contributed by atoms with Crippen LogP contribution in [0.4, 0.5) is 0 Å². The lowest BCUT2D eigenvalue weighted by Gasteiger charge is -2.06. The van der Waals surface area contributed by atoms with Crippen LogP contribution < -0.4 is 11.4 Å². The number of primary amides is 1. The maximum Gasteiger partial charge on any atom is 0.349 e. The summed E-state index contributed by atoms with van der Waals surface area (Å²) in [6.07, 6.45) is 0.560. The van der Waals surface area contributed by atoms with Gasteiger partial charge in [0.15, 0.2) is 0 Å². The van der Waals surface area contributed by atoms with E-state index in [1.54, 1.807) is 12.1 Å². The maximum atomic E-state index is 11.6. The van der Waals surface area contributed by atoms with Crippen molar-refractivity contribution in [3.8, 4) is 0 Å². The highest BCUT2D eigenvalue weighted by molar-refractivity contribution is 5.98. The molecule has 1 aromatic heterocycles. The van der Waals surface area contributed by atoms with Gasteiger partial charge in [-0.1, -0.05) is 25.1 Å². The fourth-order valence-corrected chi connectivity index (χ4v) is 1.83. The molecule has 2 rings (SSSR count). The molecule has 0 radical (unpaired) electrons. The Balaban J connectivity index is 2.96. The predicted octanol–water partition coefficient (Wildman–Crippen LogP) is 1.45. The zero-order chi connectivity index (χ0) is 11.7. The fourth-order valence-electron chi connectivity index (χ4n) is 1.83. The lowest BCUT2D eigenvalue weighted by molar-refractivity contribution is 0.0996. The van der Waals surface area contributed by atoms with E-state index in [2.05, 4.69) is 0 Å². The molecule has 1 amide bonds. The van der Waals surface area contributed by atoms with Crippen LogP contribution in [-0.4, -0.2) is 5.91 Å². The smallest absolute Gasteiger partial charge is 0.349 e. The van der Waals surface area contributed by atoms with Gasteiger partial charge < -0.3 is 10.2 Å². The molecule has 0 atom stereocenters. The van der Waals surface area contributed by atoms with Crippen LogP contribution in [-0.2, 0) is 6.42 Å². The molecule has 2 N–H and O–H groups in total. The molecular formula is C12H11NO3. The minimum Gasteiger partial charge on any atom is -0.422 e. The third-order valence-corrected chi connectivity index (χ3v) is 2.52. The van der Waals surface area contributed by atoms with E-state index in [0.29, 0.717) is 17.6 Å². The summed E-state index contributed by atoms with van der Waals surface area (Å²) in [6, 6.07) is 7.10. The molecule has 1 heterocycles. The predicted molar refractivity (Wildman–Crippen MR) is 60.4 cm³/mol. The van der Waals surface area contributed by atoms with E-state index in [1.807, 2.05) is 19.1 Å². The number of fused-ring (bicyclic) bond motifs is 1. The number of hydrogen-bond acceptors (Lipinski definition) is 3. The van der Waals surface area contributed by atoms with Crippen LogP contribution in [0.25, 0.3) is 11.0 Å². The summed E-state index contributed by atoms with van der Waals surface area (Å²) < 4.78 is 5.04. The second-order valence-electron chi connectivity index (χ2n) is 3.46. The number of rotatable bonds is 2. The van der Waals surface area contributed by atoms with Gasteiger partial charge in [0.2, 0.25) is 0 Å². The van der Waals surface area contributed by atoms with E-state index in [9.17, 15) is 9.59 Å². The van der Waals surface area contributed by atoms with Crippen molar-refractivity contribution in [3.05, 3.63) is 45.8 Å². The van der Waals surface area contributed by atoms with Crippen molar-refractivity contribution in [2.45, 2.75) is 13.3 Å². The summed E-state index contributed by atoms with van der Waals surface area (Å²) in [7, 11) is 0. The van der Waals surface area contributed by atoms with E-state index < -0.39 is 11.5 Å². The lowest BCUT2D eigenvalue weighted by Crippen LogP contribution is -2.23. The first-order valence-electron chi connectivity index (χ1n) is 4.99. The monoisotopic (exact) mass is 217 g/mol. The van der Waals surface area contributed by atoms with Crippen molar-refractivity contribution < 1.29 is 9.21 Å².